The van der Waals surface area contributed by atoms with Gasteiger partial charge in [-0.15, -0.1) is 12.4 Å². The Morgan fingerprint density at radius 1 is 1.23 bits per heavy atom. The lowest BCUT2D eigenvalue weighted by Gasteiger charge is -2.15. The third-order valence-corrected chi connectivity index (χ3v) is 3.60. The first-order valence-corrected chi connectivity index (χ1v) is 7.01. The molecule has 1 fully saturated rings. The number of amides is 1. The lowest BCUT2D eigenvalue weighted by atomic mass is 10.1. The molecule has 1 aromatic carbocycles. The van der Waals surface area contributed by atoms with Gasteiger partial charge in [-0.1, -0.05) is 0 Å². The van der Waals surface area contributed by atoms with Crippen molar-refractivity contribution in [3.05, 3.63) is 17.7 Å². The molecule has 1 atom stereocenters. The Labute approximate surface area is 136 Å². The van der Waals surface area contributed by atoms with Crippen molar-refractivity contribution in [2.24, 2.45) is 0 Å². The minimum atomic E-state index is -0.150. The first-order valence-electron chi connectivity index (χ1n) is 7.01. The molecule has 1 heterocycles. The predicted octanol–water partition coefficient (Wildman–Crippen LogP) is 1.62. The second-order valence-corrected chi connectivity index (χ2v) is 4.92. The minimum absolute atomic E-state index is 0. The highest BCUT2D eigenvalue weighted by Gasteiger charge is 2.19. The van der Waals surface area contributed by atoms with E-state index in [2.05, 4.69) is 10.6 Å². The van der Waals surface area contributed by atoms with E-state index >= 15 is 0 Å². The number of hydrogen-bond acceptors (Lipinski definition) is 5. The number of rotatable bonds is 6. The monoisotopic (exact) mass is 330 g/mol. The molecule has 1 saturated heterocycles. The maximum absolute atomic E-state index is 12.2. The average molecular weight is 331 g/mol. The van der Waals surface area contributed by atoms with E-state index in [1.165, 1.54) is 21.3 Å². The molecular formula is C15H23ClN2O4. The lowest BCUT2D eigenvalue weighted by Crippen LogP contribution is -2.37. The number of hydrogen-bond donors (Lipinski definition) is 2. The number of carbonyl (C=O) groups is 1. The van der Waals surface area contributed by atoms with E-state index in [9.17, 15) is 4.79 Å². The summed E-state index contributed by atoms with van der Waals surface area (Å²) in [5, 5.41) is 6.27. The van der Waals surface area contributed by atoms with Crippen LogP contribution in [0.1, 0.15) is 23.2 Å². The first kappa shape index (κ1) is 18.4. The maximum Gasteiger partial charge on any atom is 0.251 e. The van der Waals surface area contributed by atoms with Crippen LogP contribution in [0.25, 0.3) is 0 Å². The fourth-order valence-electron chi connectivity index (χ4n) is 2.46. The van der Waals surface area contributed by atoms with E-state index in [4.69, 9.17) is 14.2 Å². The van der Waals surface area contributed by atoms with E-state index in [1.54, 1.807) is 12.1 Å². The number of nitrogens with one attached hydrogen (secondary N) is 2. The summed E-state index contributed by atoms with van der Waals surface area (Å²) in [5.74, 6) is 1.28. The van der Waals surface area contributed by atoms with Crippen molar-refractivity contribution in [3.63, 3.8) is 0 Å². The van der Waals surface area contributed by atoms with Crippen LogP contribution in [0.5, 0.6) is 17.2 Å². The fourth-order valence-corrected chi connectivity index (χ4v) is 2.46. The Morgan fingerprint density at radius 2 is 1.86 bits per heavy atom. The summed E-state index contributed by atoms with van der Waals surface area (Å²) < 4.78 is 15.7. The third-order valence-electron chi connectivity index (χ3n) is 3.60. The van der Waals surface area contributed by atoms with Crippen molar-refractivity contribution in [2.75, 3.05) is 34.4 Å². The van der Waals surface area contributed by atoms with Crippen molar-refractivity contribution in [1.82, 2.24) is 10.6 Å². The molecule has 0 aliphatic carbocycles. The van der Waals surface area contributed by atoms with Gasteiger partial charge in [0.1, 0.15) is 0 Å². The van der Waals surface area contributed by atoms with Gasteiger partial charge >= 0.3 is 0 Å². The highest BCUT2D eigenvalue weighted by atomic mass is 35.5. The number of methoxy groups -OCH3 is 3. The van der Waals surface area contributed by atoms with Gasteiger partial charge < -0.3 is 24.8 Å². The Kier molecular flexibility index (Phi) is 7.27. The van der Waals surface area contributed by atoms with Crippen molar-refractivity contribution in [3.8, 4) is 17.2 Å². The number of benzene rings is 1. The molecule has 0 radical (unpaired) electrons. The molecule has 1 unspecified atom stereocenters. The standard InChI is InChI=1S/C15H22N2O4.ClH/c1-19-12-7-10(8-13(20-2)14(12)21-3)15(18)17-9-11-5-4-6-16-11;/h7-8,11,16H,4-6,9H2,1-3H3,(H,17,18);1H. The number of halogens is 1. The summed E-state index contributed by atoms with van der Waals surface area (Å²) in [4.78, 5) is 12.2. The number of carbonyl (C=O) groups excluding carboxylic acids is 1. The zero-order valence-electron chi connectivity index (χ0n) is 13.1. The average Bonchev–Trinajstić information content (AvgIpc) is 3.04. The molecule has 0 bridgehead atoms. The summed E-state index contributed by atoms with van der Waals surface area (Å²) in [6.45, 7) is 1.64. The van der Waals surface area contributed by atoms with E-state index < -0.39 is 0 Å². The molecule has 22 heavy (non-hydrogen) atoms. The molecule has 1 aliphatic rings. The summed E-state index contributed by atoms with van der Waals surface area (Å²) in [7, 11) is 4.59. The molecular weight excluding hydrogens is 308 g/mol. The zero-order chi connectivity index (χ0) is 15.2. The lowest BCUT2D eigenvalue weighted by molar-refractivity contribution is 0.0949. The summed E-state index contributed by atoms with van der Waals surface area (Å²) in [6, 6.07) is 3.66. The van der Waals surface area contributed by atoms with Gasteiger partial charge in [-0.25, -0.2) is 0 Å². The van der Waals surface area contributed by atoms with Crippen molar-refractivity contribution < 1.29 is 19.0 Å². The van der Waals surface area contributed by atoms with Gasteiger partial charge in [0.05, 0.1) is 21.3 Å². The van der Waals surface area contributed by atoms with Crippen LogP contribution in [0.2, 0.25) is 0 Å². The van der Waals surface area contributed by atoms with Gasteiger partial charge in [0.15, 0.2) is 11.5 Å². The van der Waals surface area contributed by atoms with E-state index in [0.29, 0.717) is 35.4 Å². The highest BCUT2D eigenvalue weighted by Crippen LogP contribution is 2.38. The van der Waals surface area contributed by atoms with Crippen LogP contribution < -0.4 is 24.8 Å². The van der Waals surface area contributed by atoms with Gasteiger partial charge in [-0.05, 0) is 31.5 Å². The molecule has 0 saturated carbocycles. The smallest absolute Gasteiger partial charge is 0.251 e. The summed E-state index contributed by atoms with van der Waals surface area (Å²) in [6.07, 6.45) is 2.25. The molecule has 0 spiro atoms. The molecule has 1 aromatic rings. The van der Waals surface area contributed by atoms with Crippen LogP contribution in [0.3, 0.4) is 0 Å². The molecule has 2 rings (SSSR count). The Bertz CT molecular complexity index is 479. The van der Waals surface area contributed by atoms with Crippen LogP contribution in [0, 0.1) is 0 Å². The maximum atomic E-state index is 12.2. The molecule has 0 aromatic heterocycles. The van der Waals surface area contributed by atoms with Gasteiger partial charge in [0.2, 0.25) is 5.75 Å². The molecule has 124 valence electrons. The first-order chi connectivity index (χ1) is 10.2. The van der Waals surface area contributed by atoms with Crippen molar-refractivity contribution >= 4 is 18.3 Å². The molecule has 1 amide bonds. The summed E-state index contributed by atoms with van der Waals surface area (Å²) in [5.41, 5.74) is 0.488. The van der Waals surface area contributed by atoms with Crippen LogP contribution in [-0.4, -0.2) is 46.4 Å². The zero-order valence-corrected chi connectivity index (χ0v) is 13.9. The third kappa shape index (κ3) is 4.18. The topological polar surface area (TPSA) is 68.8 Å². The Balaban J connectivity index is 0.00000242. The normalized spacial score (nSPS) is 16.6. The molecule has 1 aliphatic heterocycles. The minimum Gasteiger partial charge on any atom is -0.493 e. The van der Waals surface area contributed by atoms with Gasteiger partial charge in [0.25, 0.3) is 5.91 Å². The Hall–Kier alpha value is -1.66. The van der Waals surface area contributed by atoms with E-state index in [0.717, 1.165) is 19.4 Å². The SMILES string of the molecule is COc1cc(C(=O)NCC2CCCN2)cc(OC)c1OC.Cl. The van der Waals surface area contributed by atoms with Gasteiger partial charge in [-0.2, -0.15) is 0 Å². The highest BCUT2D eigenvalue weighted by molar-refractivity contribution is 5.95. The van der Waals surface area contributed by atoms with Crippen molar-refractivity contribution in [1.29, 1.82) is 0 Å². The van der Waals surface area contributed by atoms with Crippen LogP contribution in [-0.2, 0) is 0 Å². The second-order valence-electron chi connectivity index (χ2n) is 4.92. The van der Waals surface area contributed by atoms with Crippen molar-refractivity contribution in [2.45, 2.75) is 18.9 Å². The second kappa shape index (κ2) is 8.70. The predicted molar refractivity (Wildman–Crippen MR) is 86.7 cm³/mol. The van der Waals surface area contributed by atoms with E-state index in [-0.39, 0.29) is 18.3 Å². The van der Waals surface area contributed by atoms with Gasteiger partial charge in [-0.3, -0.25) is 4.79 Å². The van der Waals surface area contributed by atoms with Gasteiger partial charge in [0, 0.05) is 18.2 Å². The Morgan fingerprint density at radius 3 is 2.32 bits per heavy atom. The largest absolute Gasteiger partial charge is 0.493 e. The fraction of sp³-hybridized carbons (Fsp3) is 0.533. The summed E-state index contributed by atoms with van der Waals surface area (Å²) >= 11 is 0. The van der Waals surface area contributed by atoms with Crippen LogP contribution >= 0.6 is 12.4 Å². The van der Waals surface area contributed by atoms with Crippen LogP contribution in [0.15, 0.2) is 12.1 Å². The quantitative estimate of drug-likeness (QED) is 0.829. The van der Waals surface area contributed by atoms with E-state index in [1.807, 2.05) is 0 Å². The van der Waals surface area contributed by atoms with Crippen LogP contribution in [0.4, 0.5) is 0 Å². The molecule has 2 N–H and O–H groups in total. The number of ether oxygens (including phenoxy) is 3. The molecule has 6 nitrogen and oxygen atoms in total. The molecule has 7 heteroatoms.